The molecule has 0 bridgehead atoms. The minimum atomic E-state index is -4.07. The lowest BCUT2D eigenvalue weighted by atomic mass is 10.3. The molecule has 1 heterocycles. The third-order valence-electron chi connectivity index (χ3n) is 2.98. The summed E-state index contributed by atoms with van der Waals surface area (Å²) in [6.07, 6.45) is 1.82. The second-order valence-corrected chi connectivity index (χ2v) is 8.97. The van der Waals surface area contributed by atoms with Gasteiger partial charge in [0.1, 0.15) is 12.4 Å². The zero-order chi connectivity index (χ0) is 18.6. The average Bonchev–Trinajstić information content (AvgIpc) is 3.00. The fourth-order valence-electron chi connectivity index (χ4n) is 1.77. The Labute approximate surface area is 153 Å². The highest BCUT2D eigenvalue weighted by atomic mass is 32.2. The van der Waals surface area contributed by atoms with Crippen LogP contribution in [0.25, 0.3) is 0 Å². The summed E-state index contributed by atoms with van der Waals surface area (Å²) >= 11 is 2.53. The predicted octanol–water partition coefficient (Wildman–Crippen LogP) is 1.65. The van der Waals surface area contributed by atoms with E-state index in [1.54, 1.807) is 0 Å². The van der Waals surface area contributed by atoms with Gasteiger partial charge < -0.3 is 0 Å². The van der Waals surface area contributed by atoms with Gasteiger partial charge in [0.05, 0.1) is 5.69 Å². The van der Waals surface area contributed by atoms with E-state index in [-0.39, 0.29) is 10.8 Å². The fraction of sp³-hybridized carbons (Fsp3) is 0.308. The van der Waals surface area contributed by atoms with Crippen LogP contribution in [0.1, 0.15) is 0 Å². The van der Waals surface area contributed by atoms with Gasteiger partial charge in [0, 0.05) is 14.1 Å². The smallest absolute Gasteiger partial charge is 0.299 e. The maximum Gasteiger partial charge on any atom is 0.304 e. The van der Waals surface area contributed by atoms with E-state index < -0.39 is 28.5 Å². The third-order valence-corrected chi connectivity index (χ3v) is 6.60. The van der Waals surface area contributed by atoms with E-state index in [1.165, 1.54) is 44.1 Å². The number of amides is 1. The summed E-state index contributed by atoms with van der Waals surface area (Å²) in [7, 11) is -1.47. The van der Waals surface area contributed by atoms with Crippen molar-refractivity contribution >= 4 is 50.0 Å². The lowest BCUT2D eigenvalue weighted by Crippen LogP contribution is -2.44. The van der Waals surface area contributed by atoms with Crippen molar-refractivity contribution in [2.75, 3.05) is 36.5 Å². The first-order chi connectivity index (χ1) is 11.8. The maximum absolute atomic E-state index is 14.1. The first kappa shape index (κ1) is 19.6. The standard InChI is InChI=1S/C13H16FN5O3S3/c1-18(2)25(21,22)19(10-7-5-4-6-9(10)14)8-11(20)15-12-16-17-13(23-3)24-12/h4-7H,8H2,1-3H3,(H,15,16,20). The summed E-state index contributed by atoms with van der Waals surface area (Å²) in [5.74, 6) is -1.40. The van der Waals surface area contributed by atoms with Crippen molar-refractivity contribution < 1.29 is 17.6 Å². The quantitative estimate of drug-likeness (QED) is 0.556. The Bertz CT molecular complexity index is 856. The Hall–Kier alpha value is -1.76. The number of carbonyl (C=O) groups is 1. The van der Waals surface area contributed by atoms with Crippen molar-refractivity contribution in [1.82, 2.24) is 14.5 Å². The predicted molar refractivity (Wildman–Crippen MR) is 96.7 cm³/mol. The number of carbonyl (C=O) groups excluding carboxylic acids is 1. The molecular formula is C13H16FN5O3S3. The Morgan fingerprint density at radius 2 is 2.00 bits per heavy atom. The highest BCUT2D eigenvalue weighted by Gasteiger charge is 2.29. The number of nitrogens with zero attached hydrogens (tertiary/aromatic N) is 4. The van der Waals surface area contributed by atoms with Crippen molar-refractivity contribution in [3.63, 3.8) is 0 Å². The molecule has 0 aliphatic rings. The molecule has 0 aliphatic carbocycles. The molecule has 0 saturated carbocycles. The number of hydrogen-bond donors (Lipinski definition) is 1. The molecular weight excluding hydrogens is 389 g/mol. The SMILES string of the molecule is CSc1nnc(NC(=O)CN(c2ccccc2F)S(=O)(=O)N(C)C)s1. The zero-order valence-corrected chi connectivity index (χ0v) is 16.1. The molecule has 0 fully saturated rings. The molecule has 8 nitrogen and oxygen atoms in total. The number of rotatable bonds is 7. The molecule has 0 unspecified atom stereocenters. The Kier molecular flexibility index (Phi) is 6.32. The monoisotopic (exact) mass is 405 g/mol. The van der Waals surface area contributed by atoms with Crippen LogP contribution in [0.4, 0.5) is 15.2 Å². The number of anilines is 2. The van der Waals surface area contributed by atoms with Crippen LogP contribution in [0, 0.1) is 5.82 Å². The van der Waals surface area contributed by atoms with Gasteiger partial charge in [0.15, 0.2) is 4.34 Å². The van der Waals surface area contributed by atoms with Crippen LogP contribution >= 0.6 is 23.1 Å². The van der Waals surface area contributed by atoms with Gasteiger partial charge in [-0.1, -0.05) is 35.2 Å². The van der Waals surface area contributed by atoms with E-state index in [4.69, 9.17) is 0 Å². The summed E-state index contributed by atoms with van der Waals surface area (Å²) in [6.45, 7) is -0.602. The molecule has 2 aromatic rings. The van der Waals surface area contributed by atoms with Crippen molar-refractivity contribution in [3.8, 4) is 0 Å². The van der Waals surface area contributed by atoms with Crippen LogP contribution < -0.4 is 9.62 Å². The Balaban J connectivity index is 2.27. The Morgan fingerprint density at radius 3 is 2.56 bits per heavy atom. The summed E-state index contributed by atoms with van der Waals surface area (Å²) < 4.78 is 41.3. The van der Waals surface area contributed by atoms with E-state index in [1.807, 2.05) is 6.26 Å². The van der Waals surface area contributed by atoms with E-state index in [9.17, 15) is 17.6 Å². The first-order valence-corrected chi connectivity index (χ1v) is 10.3. The number of hydrogen-bond acceptors (Lipinski definition) is 7. The Morgan fingerprint density at radius 1 is 1.32 bits per heavy atom. The first-order valence-electron chi connectivity index (χ1n) is 6.87. The molecule has 1 N–H and O–H groups in total. The van der Waals surface area contributed by atoms with Gasteiger partial charge in [-0.15, -0.1) is 10.2 Å². The molecule has 25 heavy (non-hydrogen) atoms. The molecule has 0 saturated heterocycles. The molecule has 1 aromatic carbocycles. The van der Waals surface area contributed by atoms with Crippen molar-refractivity contribution in [1.29, 1.82) is 0 Å². The summed E-state index contributed by atoms with van der Waals surface area (Å²) in [4.78, 5) is 12.2. The number of aromatic nitrogens is 2. The zero-order valence-electron chi connectivity index (χ0n) is 13.6. The van der Waals surface area contributed by atoms with Crippen LogP contribution in [-0.4, -0.2) is 55.7 Å². The highest BCUT2D eigenvalue weighted by molar-refractivity contribution is 8.00. The lowest BCUT2D eigenvalue weighted by Gasteiger charge is -2.26. The van der Waals surface area contributed by atoms with Crippen molar-refractivity contribution in [2.45, 2.75) is 4.34 Å². The van der Waals surface area contributed by atoms with Gasteiger partial charge >= 0.3 is 10.2 Å². The van der Waals surface area contributed by atoms with Crippen LogP contribution in [0.3, 0.4) is 0 Å². The molecule has 1 aromatic heterocycles. The van der Waals surface area contributed by atoms with Gasteiger partial charge in [-0.2, -0.15) is 12.7 Å². The maximum atomic E-state index is 14.1. The van der Waals surface area contributed by atoms with Gasteiger partial charge in [-0.3, -0.25) is 10.1 Å². The summed E-state index contributed by atoms with van der Waals surface area (Å²) in [5.41, 5.74) is -0.214. The minimum Gasteiger partial charge on any atom is -0.299 e. The van der Waals surface area contributed by atoms with Crippen LogP contribution in [0.5, 0.6) is 0 Å². The van der Waals surface area contributed by atoms with Crippen LogP contribution in [-0.2, 0) is 15.0 Å². The normalized spacial score (nSPS) is 11.6. The van der Waals surface area contributed by atoms with Crippen LogP contribution in [0.15, 0.2) is 28.6 Å². The van der Waals surface area contributed by atoms with Gasteiger partial charge in [-0.25, -0.2) is 8.70 Å². The fourth-order valence-corrected chi connectivity index (χ4v) is 4.03. The summed E-state index contributed by atoms with van der Waals surface area (Å²) in [5, 5.41) is 10.3. The second-order valence-electron chi connectivity index (χ2n) is 4.87. The minimum absolute atomic E-state index is 0.214. The number of benzene rings is 1. The van der Waals surface area contributed by atoms with Crippen molar-refractivity contribution in [2.24, 2.45) is 0 Å². The molecule has 12 heteroatoms. The van der Waals surface area contributed by atoms with Gasteiger partial charge in [0.25, 0.3) is 0 Å². The largest absolute Gasteiger partial charge is 0.304 e. The molecule has 0 aliphatic heterocycles. The van der Waals surface area contributed by atoms with Crippen molar-refractivity contribution in [3.05, 3.63) is 30.1 Å². The molecule has 1 amide bonds. The van der Waals surface area contributed by atoms with E-state index >= 15 is 0 Å². The van der Waals surface area contributed by atoms with E-state index in [0.717, 1.165) is 21.7 Å². The summed E-state index contributed by atoms with van der Waals surface area (Å²) in [6, 6.07) is 5.34. The highest BCUT2D eigenvalue weighted by Crippen LogP contribution is 2.25. The average molecular weight is 406 g/mol. The number of para-hydroxylation sites is 1. The van der Waals surface area contributed by atoms with E-state index in [0.29, 0.717) is 8.64 Å². The number of nitrogens with one attached hydrogen (secondary N) is 1. The molecule has 0 radical (unpaired) electrons. The van der Waals surface area contributed by atoms with Gasteiger partial charge in [-0.05, 0) is 18.4 Å². The third kappa shape index (κ3) is 4.66. The van der Waals surface area contributed by atoms with Crippen LogP contribution in [0.2, 0.25) is 0 Å². The topological polar surface area (TPSA) is 95.5 Å². The number of thioether (sulfide) groups is 1. The molecule has 0 atom stereocenters. The van der Waals surface area contributed by atoms with E-state index in [2.05, 4.69) is 15.5 Å². The number of halogens is 1. The van der Waals surface area contributed by atoms with Gasteiger partial charge in [0.2, 0.25) is 11.0 Å². The molecule has 0 spiro atoms. The molecule has 2 rings (SSSR count). The second kappa shape index (κ2) is 8.08. The lowest BCUT2D eigenvalue weighted by molar-refractivity contribution is -0.114. The molecule has 136 valence electrons.